The molecular weight excluding hydrogens is 304 g/mol. The number of nitrogens with zero attached hydrogens (tertiary/aromatic N) is 2. The molecule has 0 N–H and O–H groups in total. The van der Waals surface area contributed by atoms with E-state index in [0.717, 1.165) is 12.8 Å². The van der Waals surface area contributed by atoms with E-state index in [0.29, 0.717) is 18.5 Å². The maximum atomic E-state index is 12.7. The van der Waals surface area contributed by atoms with E-state index in [2.05, 4.69) is 0 Å². The molecule has 3 rings (SSSR count). The van der Waals surface area contributed by atoms with Crippen molar-refractivity contribution in [1.29, 1.82) is 0 Å². The molecule has 1 saturated heterocycles. The molecule has 5 nitrogen and oxygen atoms in total. The molecule has 1 aromatic carbocycles. The number of carbonyl (C=O) groups excluding carboxylic acids is 2. The number of pyridine rings is 1. The molecule has 5 heteroatoms. The van der Waals surface area contributed by atoms with Crippen molar-refractivity contribution in [2.75, 3.05) is 6.54 Å². The lowest BCUT2D eigenvalue weighted by Gasteiger charge is -2.24. The lowest BCUT2D eigenvalue weighted by Crippen LogP contribution is -2.40. The molecule has 1 amide bonds. The Morgan fingerprint density at radius 3 is 2.62 bits per heavy atom. The molecular formula is C19H20N2O3. The van der Waals surface area contributed by atoms with Crippen molar-refractivity contribution in [3.05, 3.63) is 70.1 Å². The van der Waals surface area contributed by atoms with Gasteiger partial charge in [0.25, 0.3) is 11.5 Å². The number of likely N-dealkylation sites (tertiary alicyclic amines) is 1. The first kappa shape index (κ1) is 16.2. The topological polar surface area (TPSA) is 59.4 Å². The van der Waals surface area contributed by atoms with Gasteiger partial charge >= 0.3 is 0 Å². The van der Waals surface area contributed by atoms with Gasteiger partial charge < -0.3 is 9.47 Å². The van der Waals surface area contributed by atoms with E-state index in [1.165, 1.54) is 4.57 Å². The fraction of sp³-hybridized carbons (Fsp3) is 0.316. The van der Waals surface area contributed by atoms with Gasteiger partial charge in [-0.15, -0.1) is 0 Å². The Balaban J connectivity index is 1.78. The SMILES string of the molecule is Cn1cccc(C(=O)N2CCCC2CC(=O)c2ccccc2)c1=O. The second-order valence-electron chi connectivity index (χ2n) is 6.13. The van der Waals surface area contributed by atoms with Gasteiger partial charge in [0.15, 0.2) is 5.78 Å². The second kappa shape index (κ2) is 6.83. The number of benzene rings is 1. The zero-order chi connectivity index (χ0) is 17.1. The Morgan fingerprint density at radius 1 is 1.12 bits per heavy atom. The molecule has 0 aliphatic carbocycles. The molecule has 2 aromatic rings. The van der Waals surface area contributed by atoms with Crippen molar-refractivity contribution in [2.45, 2.75) is 25.3 Å². The van der Waals surface area contributed by atoms with E-state index in [4.69, 9.17) is 0 Å². The Kier molecular flexibility index (Phi) is 4.60. The first-order valence-electron chi connectivity index (χ1n) is 8.13. The first-order valence-corrected chi connectivity index (χ1v) is 8.13. The van der Waals surface area contributed by atoms with Crippen LogP contribution in [-0.2, 0) is 7.05 Å². The van der Waals surface area contributed by atoms with Gasteiger partial charge in [-0.05, 0) is 25.0 Å². The van der Waals surface area contributed by atoms with E-state index >= 15 is 0 Å². The fourth-order valence-electron chi connectivity index (χ4n) is 3.19. The van der Waals surface area contributed by atoms with Gasteiger partial charge in [0.05, 0.1) is 0 Å². The van der Waals surface area contributed by atoms with E-state index in [1.54, 1.807) is 42.4 Å². The van der Waals surface area contributed by atoms with Crippen LogP contribution in [0.5, 0.6) is 0 Å². The predicted octanol–water partition coefficient (Wildman–Crippen LogP) is 2.26. The summed E-state index contributed by atoms with van der Waals surface area (Å²) >= 11 is 0. The quantitative estimate of drug-likeness (QED) is 0.811. The van der Waals surface area contributed by atoms with Crippen molar-refractivity contribution in [2.24, 2.45) is 7.05 Å². The monoisotopic (exact) mass is 324 g/mol. The van der Waals surface area contributed by atoms with Gasteiger partial charge in [0.2, 0.25) is 0 Å². The molecule has 0 saturated carbocycles. The van der Waals surface area contributed by atoms with Gasteiger partial charge in [-0.1, -0.05) is 30.3 Å². The summed E-state index contributed by atoms with van der Waals surface area (Å²) in [6.45, 7) is 0.587. The first-order chi connectivity index (χ1) is 11.6. The highest BCUT2D eigenvalue weighted by atomic mass is 16.2. The number of aryl methyl sites for hydroxylation is 1. The number of ketones is 1. The molecule has 2 heterocycles. The molecule has 1 aliphatic heterocycles. The third kappa shape index (κ3) is 3.15. The van der Waals surface area contributed by atoms with Gasteiger partial charge in [-0.3, -0.25) is 14.4 Å². The number of Topliss-reactive ketones (excluding diaryl/α,β-unsaturated/α-hetero) is 1. The van der Waals surface area contributed by atoms with E-state index < -0.39 is 0 Å². The summed E-state index contributed by atoms with van der Waals surface area (Å²) in [5, 5.41) is 0. The van der Waals surface area contributed by atoms with E-state index in [1.807, 2.05) is 18.2 Å². The molecule has 1 atom stereocenters. The van der Waals surface area contributed by atoms with Crippen LogP contribution in [0.25, 0.3) is 0 Å². The molecule has 1 unspecified atom stereocenters. The summed E-state index contributed by atoms with van der Waals surface area (Å²) in [4.78, 5) is 39.0. The standard InChI is InChI=1S/C19H20N2O3/c1-20-11-6-10-16(18(20)23)19(24)21-12-5-9-15(21)13-17(22)14-7-3-2-4-8-14/h2-4,6-8,10-11,15H,5,9,12-13H2,1H3. The summed E-state index contributed by atoms with van der Waals surface area (Å²) in [7, 11) is 1.62. The highest BCUT2D eigenvalue weighted by molar-refractivity contribution is 5.98. The molecule has 0 spiro atoms. The Hall–Kier alpha value is -2.69. The largest absolute Gasteiger partial charge is 0.335 e. The lowest BCUT2D eigenvalue weighted by molar-refractivity contribution is 0.0715. The van der Waals surface area contributed by atoms with Crippen LogP contribution in [0, 0.1) is 0 Å². The van der Waals surface area contributed by atoms with E-state index in [-0.39, 0.29) is 28.9 Å². The van der Waals surface area contributed by atoms with Crippen LogP contribution in [0.3, 0.4) is 0 Å². The average molecular weight is 324 g/mol. The van der Waals surface area contributed by atoms with Gasteiger partial charge in [0, 0.05) is 37.8 Å². The minimum atomic E-state index is -0.303. The zero-order valence-electron chi connectivity index (χ0n) is 13.6. The molecule has 0 bridgehead atoms. The van der Waals surface area contributed by atoms with Gasteiger partial charge in [-0.25, -0.2) is 0 Å². The molecule has 24 heavy (non-hydrogen) atoms. The van der Waals surface area contributed by atoms with Crippen molar-refractivity contribution < 1.29 is 9.59 Å². The highest BCUT2D eigenvalue weighted by Crippen LogP contribution is 2.23. The minimum Gasteiger partial charge on any atom is -0.335 e. The maximum Gasteiger partial charge on any atom is 0.263 e. The maximum absolute atomic E-state index is 12.7. The summed E-state index contributed by atoms with van der Waals surface area (Å²) in [5.41, 5.74) is 0.522. The van der Waals surface area contributed by atoms with Crippen LogP contribution in [0.1, 0.15) is 40.0 Å². The third-order valence-electron chi connectivity index (χ3n) is 4.51. The number of hydrogen-bond acceptors (Lipinski definition) is 3. The van der Waals surface area contributed by atoms with Crippen LogP contribution in [0.2, 0.25) is 0 Å². The lowest BCUT2D eigenvalue weighted by atomic mass is 10.0. The van der Waals surface area contributed by atoms with Crippen LogP contribution >= 0.6 is 0 Å². The molecule has 1 fully saturated rings. The Morgan fingerprint density at radius 2 is 1.88 bits per heavy atom. The van der Waals surface area contributed by atoms with Crippen molar-refractivity contribution >= 4 is 11.7 Å². The van der Waals surface area contributed by atoms with Crippen molar-refractivity contribution in [3.63, 3.8) is 0 Å². The number of carbonyl (C=O) groups is 2. The summed E-state index contributed by atoms with van der Waals surface area (Å²) in [6.07, 6.45) is 3.56. The minimum absolute atomic E-state index is 0.0289. The summed E-state index contributed by atoms with van der Waals surface area (Å²) in [6, 6.07) is 12.2. The number of amides is 1. The van der Waals surface area contributed by atoms with Crippen LogP contribution in [0.4, 0.5) is 0 Å². The molecule has 0 radical (unpaired) electrons. The molecule has 1 aromatic heterocycles. The summed E-state index contributed by atoms with van der Waals surface area (Å²) in [5.74, 6) is -0.249. The van der Waals surface area contributed by atoms with Gasteiger partial charge in [0.1, 0.15) is 5.56 Å². The highest BCUT2D eigenvalue weighted by Gasteiger charge is 2.32. The average Bonchev–Trinajstić information content (AvgIpc) is 3.05. The van der Waals surface area contributed by atoms with Crippen LogP contribution in [-0.4, -0.2) is 33.7 Å². The van der Waals surface area contributed by atoms with Crippen LogP contribution in [0.15, 0.2) is 53.5 Å². The molecule has 1 aliphatic rings. The normalized spacial score (nSPS) is 17.0. The number of hydrogen-bond donors (Lipinski definition) is 0. The van der Waals surface area contributed by atoms with Crippen molar-refractivity contribution in [1.82, 2.24) is 9.47 Å². The fourth-order valence-corrected chi connectivity index (χ4v) is 3.19. The molecule has 124 valence electrons. The smallest absolute Gasteiger partial charge is 0.263 e. The summed E-state index contributed by atoms with van der Waals surface area (Å²) < 4.78 is 1.40. The second-order valence-corrected chi connectivity index (χ2v) is 6.13. The third-order valence-corrected chi connectivity index (χ3v) is 4.51. The Labute approximate surface area is 140 Å². The van der Waals surface area contributed by atoms with Crippen molar-refractivity contribution in [3.8, 4) is 0 Å². The van der Waals surface area contributed by atoms with Crippen LogP contribution < -0.4 is 5.56 Å². The Bertz CT molecular complexity index is 811. The predicted molar refractivity (Wildman–Crippen MR) is 91.1 cm³/mol. The van der Waals surface area contributed by atoms with Gasteiger partial charge in [-0.2, -0.15) is 0 Å². The number of aromatic nitrogens is 1. The zero-order valence-corrected chi connectivity index (χ0v) is 13.6. The van der Waals surface area contributed by atoms with E-state index in [9.17, 15) is 14.4 Å². The number of rotatable bonds is 4.